The van der Waals surface area contributed by atoms with Crippen LogP contribution in [0.2, 0.25) is 5.32 Å². The van der Waals surface area contributed by atoms with Crippen LogP contribution in [0.3, 0.4) is 0 Å². The fourth-order valence-electron chi connectivity index (χ4n) is 1.77. The summed E-state index contributed by atoms with van der Waals surface area (Å²) in [6.07, 6.45) is 10.1. The number of allylic oxidation sites excluding steroid dienone is 1. The molecule has 104 valence electrons. The molecule has 0 aliphatic heterocycles. The van der Waals surface area contributed by atoms with Gasteiger partial charge in [-0.25, -0.2) is 0 Å². The van der Waals surface area contributed by atoms with Gasteiger partial charge in [0.15, 0.2) is 0 Å². The zero-order valence-electron chi connectivity index (χ0n) is 12.3. The molecule has 0 unspecified atom stereocenters. The standard InChI is InChI=1S/C18H26Se/c1-3-5-8-13-18(19-16-6-4-2)15-14-17-11-9-7-10-12-17/h7,9-12,14H,3-6,8,13,16H2,1-2H3. The minimum atomic E-state index is 0.648. The van der Waals surface area contributed by atoms with Gasteiger partial charge in [0, 0.05) is 0 Å². The number of rotatable bonds is 9. The maximum absolute atomic E-state index is 3.57. The quantitative estimate of drug-likeness (QED) is 0.311. The van der Waals surface area contributed by atoms with Crippen LogP contribution in [0.25, 0.3) is 6.08 Å². The van der Waals surface area contributed by atoms with Crippen LogP contribution < -0.4 is 0 Å². The van der Waals surface area contributed by atoms with E-state index in [4.69, 9.17) is 0 Å². The van der Waals surface area contributed by atoms with Crippen molar-refractivity contribution in [3.05, 3.63) is 46.1 Å². The van der Waals surface area contributed by atoms with E-state index in [9.17, 15) is 0 Å². The van der Waals surface area contributed by atoms with Crippen LogP contribution in [0.4, 0.5) is 0 Å². The van der Waals surface area contributed by atoms with E-state index in [0.717, 1.165) is 0 Å². The van der Waals surface area contributed by atoms with Crippen LogP contribution in [-0.4, -0.2) is 15.0 Å². The van der Waals surface area contributed by atoms with Crippen molar-refractivity contribution in [1.29, 1.82) is 0 Å². The predicted molar refractivity (Wildman–Crippen MR) is 87.5 cm³/mol. The van der Waals surface area contributed by atoms with Crippen molar-refractivity contribution >= 4 is 21.0 Å². The third-order valence-electron chi connectivity index (χ3n) is 2.98. The SMILES string of the molecule is CCCCCC(=C=Cc1ccccc1)[Se]CCCC. The van der Waals surface area contributed by atoms with E-state index in [-0.39, 0.29) is 0 Å². The van der Waals surface area contributed by atoms with Crippen molar-refractivity contribution in [3.63, 3.8) is 0 Å². The molecule has 1 heteroatoms. The first-order chi connectivity index (χ1) is 9.36. The molecule has 0 saturated heterocycles. The summed E-state index contributed by atoms with van der Waals surface area (Å²) in [6.45, 7) is 4.54. The fourth-order valence-corrected chi connectivity index (χ4v) is 4.10. The molecule has 0 nitrogen and oxygen atoms in total. The monoisotopic (exact) mass is 322 g/mol. The molecule has 0 atom stereocenters. The van der Waals surface area contributed by atoms with E-state index in [1.54, 1.807) is 4.47 Å². The van der Waals surface area contributed by atoms with Crippen LogP contribution >= 0.6 is 0 Å². The first-order valence-corrected chi connectivity index (χ1v) is 9.57. The molecule has 0 radical (unpaired) electrons. The Morgan fingerprint density at radius 1 is 1.05 bits per heavy atom. The average Bonchev–Trinajstić information content (AvgIpc) is 2.45. The van der Waals surface area contributed by atoms with Gasteiger partial charge in [0.2, 0.25) is 0 Å². The number of benzene rings is 1. The summed E-state index contributed by atoms with van der Waals surface area (Å²) in [5, 5.41) is 1.38. The first-order valence-electron chi connectivity index (χ1n) is 7.50. The van der Waals surface area contributed by atoms with E-state index in [1.807, 2.05) is 0 Å². The van der Waals surface area contributed by atoms with Crippen LogP contribution in [0, 0.1) is 0 Å². The molecule has 0 bridgehead atoms. The molecule has 0 spiro atoms. The summed E-state index contributed by atoms with van der Waals surface area (Å²) >= 11 is 0.648. The van der Waals surface area contributed by atoms with E-state index in [1.165, 1.54) is 49.4 Å². The molecule has 0 aliphatic carbocycles. The molecule has 1 aromatic carbocycles. The van der Waals surface area contributed by atoms with Gasteiger partial charge in [0.1, 0.15) is 0 Å². The Bertz CT molecular complexity index is 373. The molecule has 0 heterocycles. The molecule has 1 rings (SSSR count). The Morgan fingerprint density at radius 2 is 1.79 bits per heavy atom. The van der Waals surface area contributed by atoms with Crippen molar-refractivity contribution in [2.75, 3.05) is 0 Å². The third-order valence-corrected chi connectivity index (χ3v) is 5.42. The Labute approximate surface area is 125 Å². The summed E-state index contributed by atoms with van der Waals surface area (Å²) in [4.78, 5) is 0. The number of unbranched alkanes of at least 4 members (excludes halogenated alkanes) is 3. The van der Waals surface area contributed by atoms with Gasteiger partial charge in [0.05, 0.1) is 0 Å². The Kier molecular flexibility index (Phi) is 9.55. The fraction of sp³-hybridized carbons (Fsp3) is 0.500. The van der Waals surface area contributed by atoms with Crippen LogP contribution in [0.1, 0.15) is 57.9 Å². The number of hydrogen-bond donors (Lipinski definition) is 0. The van der Waals surface area contributed by atoms with E-state index >= 15 is 0 Å². The van der Waals surface area contributed by atoms with E-state index in [2.05, 4.69) is 56.0 Å². The Hall–Kier alpha value is -0.741. The summed E-state index contributed by atoms with van der Waals surface area (Å²) in [5.74, 6) is 0. The average molecular weight is 321 g/mol. The normalized spacial score (nSPS) is 10.0. The van der Waals surface area contributed by atoms with Crippen LogP contribution in [0.15, 0.2) is 40.5 Å². The van der Waals surface area contributed by atoms with Gasteiger partial charge in [-0.05, 0) is 0 Å². The summed E-state index contributed by atoms with van der Waals surface area (Å²) < 4.78 is 1.57. The topological polar surface area (TPSA) is 0 Å². The minimum absolute atomic E-state index is 0.648. The van der Waals surface area contributed by atoms with Crippen molar-refractivity contribution in [3.8, 4) is 0 Å². The van der Waals surface area contributed by atoms with Crippen molar-refractivity contribution in [2.24, 2.45) is 0 Å². The second-order valence-electron chi connectivity index (χ2n) is 4.78. The Morgan fingerprint density at radius 3 is 2.47 bits per heavy atom. The van der Waals surface area contributed by atoms with Crippen LogP contribution in [0.5, 0.6) is 0 Å². The summed E-state index contributed by atoms with van der Waals surface area (Å²) in [6, 6.07) is 10.5. The van der Waals surface area contributed by atoms with E-state index in [0.29, 0.717) is 15.0 Å². The summed E-state index contributed by atoms with van der Waals surface area (Å²) in [7, 11) is 0. The van der Waals surface area contributed by atoms with Gasteiger partial charge in [0.25, 0.3) is 0 Å². The second kappa shape index (κ2) is 11.1. The third kappa shape index (κ3) is 8.11. The second-order valence-corrected chi connectivity index (χ2v) is 7.28. The first kappa shape index (κ1) is 16.3. The molecule has 0 amide bonds. The van der Waals surface area contributed by atoms with Crippen molar-refractivity contribution in [2.45, 2.75) is 57.7 Å². The van der Waals surface area contributed by atoms with Gasteiger partial charge in [-0.3, -0.25) is 0 Å². The molecule has 0 saturated carbocycles. The van der Waals surface area contributed by atoms with E-state index < -0.39 is 0 Å². The van der Waals surface area contributed by atoms with Crippen molar-refractivity contribution < 1.29 is 0 Å². The van der Waals surface area contributed by atoms with Gasteiger partial charge < -0.3 is 0 Å². The zero-order chi connectivity index (χ0) is 13.8. The maximum atomic E-state index is 3.57. The van der Waals surface area contributed by atoms with Gasteiger partial charge in [-0.2, -0.15) is 0 Å². The molecule has 0 fully saturated rings. The molecule has 19 heavy (non-hydrogen) atoms. The number of hydrogen-bond acceptors (Lipinski definition) is 0. The van der Waals surface area contributed by atoms with Gasteiger partial charge in [-0.15, -0.1) is 0 Å². The Balaban J connectivity index is 2.62. The molecule has 1 aromatic rings. The predicted octanol–water partition coefficient (Wildman–Crippen LogP) is 5.69. The molecular weight excluding hydrogens is 295 g/mol. The molecule has 0 aromatic heterocycles. The molecule has 0 aliphatic rings. The molecule has 0 N–H and O–H groups in total. The van der Waals surface area contributed by atoms with Gasteiger partial charge >= 0.3 is 125 Å². The van der Waals surface area contributed by atoms with Crippen LogP contribution in [-0.2, 0) is 0 Å². The van der Waals surface area contributed by atoms with Gasteiger partial charge in [-0.1, -0.05) is 0 Å². The van der Waals surface area contributed by atoms with Crippen molar-refractivity contribution in [1.82, 2.24) is 0 Å². The zero-order valence-corrected chi connectivity index (χ0v) is 14.0. The summed E-state index contributed by atoms with van der Waals surface area (Å²) in [5.41, 5.74) is 4.84. The molecular formula is C18H26Se.